The Bertz CT molecular complexity index is 1660. The minimum absolute atomic E-state index is 0.0489. The molecule has 2 N–H and O–H groups in total. The lowest BCUT2D eigenvalue weighted by Gasteiger charge is -2.07. The summed E-state index contributed by atoms with van der Waals surface area (Å²) in [4.78, 5) is 20.3. The van der Waals surface area contributed by atoms with Gasteiger partial charge < -0.3 is 10.3 Å². The van der Waals surface area contributed by atoms with Gasteiger partial charge in [0.15, 0.2) is 5.65 Å². The van der Waals surface area contributed by atoms with Gasteiger partial charge in [-0.05, 0) is 43.5 Å². The SMILES string of the molecule is Cc1nc2c3ccccc3n3c(CCCC(=O)NCCc4c[nH]c5ccccc45)nnc3n2n1. The zero-order chi connectivity index (χ0) is 23.1. The maximum atomic E-state index is 12.4. The molecular weight excluding hydrogens is 428 g/mol. The van der Waals surface area contributed by atoms with Gasteiger partial charge in [-0.25, -0.2) is 4.98 Å². The molecule has 0 aliphatic rings. The molecule has 0 radical (unpaired) electrons. The number of amides is 1. The number of H-pyrrole nitrogens is 1. The topological polar surface area (TPSA) is 105 Å². The van der Waals surface area contributed by atoms with Crippen molar-refractivity contribution in [1.82, 2.24) is 39.5 Å². The molecule has 0 saturated carbocycles. The fourth-order valence-corrected chi connectivity index (χ4v) is 4.61. The lowest BCUT2D eigenvalue weighted by atomic mass is 10.1. The standard InChI is InChI=1S/C25H24N8O/c1-16-28-24-19-8-3-5-10-21(19)32-22(29-30-25(32)33(24)31-16)11-6-12-23(34)26-14-13-17-15-27-20-9-4-2-7-18(17)20/h2-5,7-10,15,27H,6,11-14H2,1H3,(H,26,34). The maximum absolute atomic E-state index is 12.4. The predicted molar refractivity (Wildman–Crippen MR) is 130 cm³/mol. The number of benzene rings is 2. The Morgan fingerprint density at radius 3 is 2.76 bits per heavy atom. The van der Waals surface area contributed by atoms with E-state index in [-0.39, 0.29) is 5.91 Å². The summed E-state index contributed by atoms with van der Waals surface area (Å²) in [6.07, 6.45) is 4.57. The minimum atomic E-state index is 0.0489. The van der Waals surface area contributed by atoms with Crippen LogP contribution in [0.15, 0.2) is 54.7 Å². The second kappa shape index (κ2) is 8.26. The second-order valence-corrected chi connectivity index (χ2v) is 8.48. The highest BCUT2D eigenvalue weighted by Crippen LogP contribution is 2.23. The van der Waals surface area contributed by atoms with Gasteiger partial charge in [-0.3, -0.25) is 9.20 Å². The molecule has 0 bridgehead atoms. The molecule has 4 heterocycles. The predicted octanol–water partition coefficient (Wildman–Crippen LogP) is 3.40. The average Bonchev–Trinajstić information content (AvgIpc) is 3.56. The number of fused-ring (bicyclic) bond motifs is 7. The van der Waals surface area contributed by atoms with Gasteiger partial charge in [-0.2, -0.15) is 4.52 Å². The molecule has 6 rings (SSSR count). The van der Waals surface area contributed by atoms with Gasteiger partial charge in [0.25, 0.3) is 5.78 Å². The van der Waals surface area contributed by atoms with Crippen molar-refractivity contribution in [3.05, 3.63) is 71.9 Å². The van der Waals surface area contributed by atoms with Gasteiger partial charge in [0.1, 0.15) is 11.6 Å². The van der Waals surface area contributed by atoms with Crippen molar-refractivity contribution in [3.63, 3.8) is 0 Å². The van der Waals surface area contributed by atoms with E-state index < -0.39 is 0 Å². The van der Waals surface area contributed by atoms with Crippen molar-refractivity contribution in [2.45, 2.75) is 32.6 Å². The summed E-state index contributed by atoms with van der Waals surface area (Å²) < 4.78 is 3.76. The summed E-state index contributed by atoms with van der Waals surface area (Å²) in [6, 6.07) is 16.3. The van der Waals surface area contributed by atoms with Crippen molar-refractivity contribution in [2.75, 3.05) is 6.54 Å². The Morgan fingerprint density at radius 1 is 1.03 bits per heavy atom. The zero-order valence-electron chi connectivity index (χ0n) is 18.8. The van der Waals surface area contributed by atoms with E-state index in [1.165, 1.54) is 10.9 Å². The Labute approximate surface area is 194 Å². The molecule has 9 heteroatoms. The summed E-state index contributed by atoms with van der Waals surface area (Å²) in [5.41, 5.74) is 4.09. The molecular formula is C25H24N8O. The van der Waals surface area contributed by atoms with Gasteiger partial charge in [-0.1, -0.05) is 30.3 Å². The van der Waals surface area contributed by atoms with Crippen LogP contribution in [-0.2, 0) is 17.6 Å². The minimum Gasteiger partial charge on any atom is -0.361 e. The van der Waals surface area contributed by atoms with Crippen LogP contribution < -0.4 is 5.32 Å². The highest BCUT2D eigenvalue weighted by molar-refractivity contribution is 5.93. The van der Waals surface area contributed by atoms with Crippen LogP contribution in [0.5, 0.6) is 0 Å². The van der Waals surface area contributed by atoms with Gasteiger partial charge in [-0.15, -0.1) is 15.3 Å². The molecule has 4 aromatic heterocycles. The Kier molecular flexibility index (Phi) is 4.94. The molecule has 34 heavy (non-hydrogen) atoms. The summed E-state index contributed by atoms with van der Waals surface area (Å²) in [6.45, 7) is 2.48. The third-order valence-corrected chi connectivity index (χ3v) is 6.20. The van der Waals surface area contributed by atoms with Crippen LogP contribution in [0.4, 0.5) is 0 Å². The normalized spacial score (nSPS) is 11.8. The maximum Gasteiger partial charge on any atom is 0.258 e. The molecule has 6 aromatic rings. The van der Waals surface area contributed by atoms with E-state index in [0.29, 0.717) is 37.4 Å². The van der Waals surface area contributed by atoms with Crippen molar-refractivity contribution < 1.29 is 4.79 Å². The fraction of sp³-hybridized carbons (Fsp3) is 0.240. The Hall–Kier alpha value is -4.27. The number of carbonyl (C=O) groups excluding carboxylic acids is 1. The number of nitrogens with one attached hydrogen (secondary N) is 2. The van der Waals surface area contributed by atoms with Crippen LogP contribution >= 0.6 is 0 Å². The lowest BCUT2D eigenvalue weighted by Crippen LogP contribution is -2.25. The number of aromatic amines is 1. The Balaban J connectivity index is 1.13. The van der Waals surface area contributed by atoms with Crippen LogP contribution in [0.1, 0.15) is 30.1 Å². The highest BCUT2D eigenvalue weighted by atomic mass is 16.1. The van der Waals surface area contributed by atoms with Crippen LogP contribution in [0.3, 0.4) is 0 Å². The zero-order valence-corrected chi connectivity index (χ0v) is 18.8. The number of hydrogen-bond donors (Lipinski definition) is 2. The van der Waals surface area contributed by atoms with Crippen LogP contribution in [0.2, 0.25) is 0 Å². The monoisotopic (exact) mass is 452 g/mol. The molecule has 0 saturated heterocycles. The van der Waals surface area contributed by atoms with Crippen molar-refractivity contribution in [1.29, 1.82) is 0 Å². The van der Waals surface area contributed by atoms with Crippen molar-refractivity contribution in [2.24, 2.45) is 0 Å². The second-order valence-electron chi connectivity index (χ2n) is 8.48. The van der Waals surface area contributed by atoms with E-state index in [2.05, 4.69) is 42.7 Å². The summed E-state index contributed by atoms with van der Waals surface area (Å²) >= 11 is 0. The van der Waals surface area contributed by atoms with Gasteiger partial charge in [0, 0.05) is 41.9 Å². The van der Waals surface area contributed by atoms with Gasteiger partial charge >= 0.3 is 0 Å². The third-order valence-electron chi connectivity index (χ3n) is 6.20. The molecule has 0 unspecified atom stereocenters. The molecule has 1 amide bonds. The van der Waals surface area contributed by atoms with E-state index in [0.717, 1.165) is 34.3 Å². The first-order valence-corrected chi connectivity index (χ1v) is 11.5. The van der Waals surface area contributed by atoms with Gasteiger partial charge in [0.05, 0.1) is 5.52 Å². The molecule has 0 aliphatic carbocycles. The summed E-state index contributed by atoms with van der Waals surface area (Å²) in [5.74, 6) is 2.18. The number of carbonyl (C=O) groups is 1. The van der Waals surface area contributed by atoms with Crippen LogP contribution in [0, 0.1) is 6.92 Å². The number of para-hydroxylation sites is 2. The largest absolute Gasteiger partial charge is 0.361 e. The molecule has 0 spiro atoms. The molecule has 2 aromatic carbocycles. The molecule has 0 atom stereocenters. The van der Waals surface area contributed by atoms with Gasteiger partial charge in [0.2, 0.25) is 5.91 Å². The molecule has 0 aliphatic heterocycles. The van der Waals surface area contributed by atoms with E-state index in [1.807, 2.05) is 53.9 Å². The quantitative estimate of drug-likeness (QED) is 0.386. The molecule has 0 fully saturated rings. The van der Waals surface area contributed by atoms with Crippen LogP contribution in [0.25, 0.3) is 33.2 Å². The number of aromatic nitrogens is 7. The van der Waals surface area contributed by atoms with E-state index >= 15 is 0 Å². The number of rotatable bonds is 7. The highest BCUT2D eigenvalue weighted by Gasteiger charge is 2.17. The number of nitrogens with zero attached hydrogens (tertiary/aromatic N) is 6. The first-order valence-electron chi connectivity index (χ1n) is 11.5. The fourth-order valence-electron chi connectivity index (χ4n) is 4.61. The van der Waals surface area contributed by atoms with Crippen molar-refractivity contribution >= 4 is 39.1 Å². The summed E-state index contributed by atoms with van der Waals surface area (Å²) in [7, 11) is 0. The van der Waals surface area contributed by atoms with E-state index in [9.17, 15) is 4.79 Å². The number of hydrogen-bond acceptors (Lipinski definition) is 5. The molecule has 170 valence electrons. The third kappa shape index (κ3) is 3.45. The first kappa shape index (κ1) is 20.3. The Morgan fingerprint density at radius 2 is 1.85 bits per heavy atom. The summed E-state index contributed by atoms with van der Waals surface area (Å²) in [5, 5.41) is 18.5. The number of aryl methyl sites for hydroxylation is 2. The molecule has 9 nitrogen and oxygen atoms in total. The van der Waals surface area contributed by atoms with E-state index in [1.54, 1.807) is 4.52 Å². The smallest absolute Gasteiger partial charge is 0.258 e. The average molecular weight is 453 g/mol. The first-order chi connectivity index (χ1) is 16.7. The lowest BCUT2D eigenvalue weighted by molar-refractivity contribution is -0.121. The van der Waals surface area contributed by atoms with Crippen molar-refractivity contribution in [3.8, 4) is 0 Å². The van der Waals surface area contributed by atoms with E-state index in [4.69, 9.17) is 0 Å². The van der Waals surface area contributed by atoms with Crippen LogP contribution in [-0.4, -0.2) is 46.6 Å².